The molecule has 0 aromatic heterocycles. The average molecular weight is 303 g/mol. The second-order valence-corrected chi connectivity index (χ2v) is 4.38. The van der Waals surface area contributed by atoms with Crippen molar-refractivity contribution in [2.75, 3.05) is 26.8 Å². The molecule has 1 saturated heterocycles. The number of carbonyl (C=O) groups is 2. The van der Waals surface area contributed by atoms with E-state index in [4.69, 9.17) is 4.74 Å². The molecule has 1 heterocycles. The molecule has 0 spiro atoms. The topological polar surface area (TPSA) is 55.8 Å². The van der Waals surface area contributed by atoms with E-state index < -0.39 is 41.0 Å². The van der Waals surface area contributed by atoms with Gasteiger partial charge in [0.15, 0.2) is 6.10 Å². The van der Waals surface area contributed by atoms with E-state index in [1.165, 1.54) is 0 Å². The molecule has 0 N–H and O–H groups in total. The van der Waals surface area contributed by atoms with E-state index in [1.807, 2.05) is 0 Å². The van der Waals surface area contributed by atoms with E-state index in [-0.39, 0.29) is 19.7 Å². The average Bonchev–Trinajstić information content (AvgIpc) is 2.45. The van der Waals surface area contributed by atoms with Gasteiger partial charge in [-0.05, 0) is 0 Å². The molecule has 21 heavy (non-hydrogen) atoms. The molecule has 1 aromatic carbocycles. The SMILES string of the molecule is COC(=O)C1CN(C(=O)c2c(F)cc(F)cc2F)CCO1. The van der Waals surface area contributed by atoms with Crippen molar-refractivity contribution in [1.82, 2.24) is 4.90 Å². The summed E-state index contributed by atoms with van der Waals surface area (Å²) in [7, 11) is 1.16. The number of nitrogens with zero attached hydrogens (tertiary/aromatic N) is 1. The molecule has 2 rings (SSSR count). The van der Waals surface area contributed by atoms with Crippen LogP contribution in [0, 0.1) is 17.5 Å². The fourth-order valence-corrected chi connectivity index (χ4v) is 2.01. The van der Waals surface area contributed by atoms with Crippen molar-refractivity contribution in [3.05, 3.63) is 35.1 Å². The molecule has 1 atom stereocenters. The van der Waals surface area contributed by atoms with Crippen molar-refractivity contribution in [3.8, 4) is 0 Å². The fourth-order valence-electron chi connectivity index (χ4n) is 2.01. The quantitative estimate of drug-likeness (QED) is 0.768. The molecule has 1 aromatic rings. The standard InChI is InChI=1S/C13H12F3NO4/c1-20-13(19)10-6-17(2-3-21-10)12(18)11-8(15)4-7(14)5-9(11)16/h4-5,10H,2-3,6H2,1H3. The van der Waals surface area contributed by atoms with Crippen LogP contribution in [0.2, 0.25) is 0 Å². The zero-order valence-electron chi connectivity index (χ0n) is 11.1. The van der Waals surface area contributed by atoms with Gasteiger partial charge in [-0.25, -0.2) is 18.0 Å². The Labute approximate surface area is 118 Å². The van der Waals surface area contributed by atoms with Crippen molar-refractivity contribution in [2.45, 2.75) is 6.10 Å². The molecule has 8 heteroatoms. The van der Waals surface area contributed by atoms with Gasteiger partial charge in [-0.3, -0.25) is 4.79 Å². The van der Waals surface area contributed by atoms with Gasteiger partial charge in [0.05, 0.1) is 20.3 Å². The van der Waals surface area contributed by atoms with Crippen LogP contribution in [0.25, 0.3) is 0 Å². The predicted octanol–water partition coefficient (Wildman–Crippen LogP) is 1.12. The maximum absolute atomic E-state index is 13.6. The van der Waals surface area contributed by atoms with Crippen molar-refractivity contribution in [1.29, 1.82) is 0 Å². The van der Waals surface area contributed by atoms with Crippen molar-refractivity contribution in [2.24, 2.45) is 0 Å². The zero-order valence-corrected chi connectivity index (χ0v) is 11.1. The van der Waals surface area contributed by atoms with Gasteiger partial charge < -0.3 is 14.4 Å². The molecule has 0 saturated carbocycles. The first-order valence-electron chi connectivity index (χ1n) is 6.07. The summed E-state index contributed by atoms with van der Waals surface area (Å²) in [6.45, 7) is -0.111. The van der Waals surface area contributed by atoms with E-state index in [0.29, 0.717) is 12.1 Å². The van der Waals surface area contributed by atoms with E-state index in [9.17, 15) is 22.8 Å². The van der Waals surface area contributed by atoms with Crippen LogP contribution in [0.4, 0.5) is 13.2 Å². The number of ether oxygens (including phenoxy) is 2. The normalized spacial score (nSPS) is 18.5. The monoisotopic (exact) mass is 303 g/mol. The van der Waals surface area contributed by atoms with Crippen LogP contribution in [-0.2, 0) is 14.3 Å². The minimum Gasteiger partial charge on any atom is -0.467 e. The van der Waals surface area contributed by atoms with Crippen LogP contribution < -0.4 is 0 Å². The van der Waals surface area contributed by atoms with Gasteiger partial charge in [0.1, 0.15) is 23.0 Å². The summed E-state index contributed by atoms with van der Waals surface area (Å²) in [5.41, 5.74) is -0.859. The number of hydrogen-bond acceptors (Lipinski definition) is 4. The summed E-state index contributed by atoms with van der Waals surface area (Å²) in [5, 5.41) is 0. The lowest BCUT2D eigenvalue weighted by Gasteiger charge is -2.31. The summed E-state index contributed by atoms with van der Waals surface area (Å²) < 4.78 is 49.6. The molecular formula is C13H12F3NO4. The van der Waals surface area contributed by atoms with Crippen LogP contribution in [0.1, 0.15) is 10.4 Å². The number of benzene rings is 1. The Morgan fingerprint density at radius 2 is 1.90 bits per heavy atom. The number of halogens is 3. The third kappa shape index (κ3) is 3.15. The van der Waals surface area contributed by atoms with Crippen LogP contribution in [0.3, 0.4) is 0 Å². The number of amides is 1. The van der Waals surface area contributed by atoms with Crippen molar-refractivity contribution < 1.29 is 32.2 Å². The Morgan fingerprint density at radius 1 is 1.29 bits per heavy atom. The van der Waals surface area contributed by atoms with Crippen molar-refractivity contribution >= 4 is 11.9 Å². The Bertz CT molecular complexity index is 556. The third-order valence-electron chi connectivity index (χ3n) is 3.04. The summed E-state index contributed by atoms with van der Waals surface area (Å²) >= 11 is 0. The molecule has 1 aliphatic heterocycles. The van der Waals surface area contributed by atoms with Crippen LogP contribution in [0.15, 0.2) is 12.1 Å². The Balaban J connectivity index is 2.22. The molecule has 1 amide bonds. The molecule has 114 valence electrons. The van der Waals surface area contributed by atoms with Crippen LogP contribution in [0.5, 0.6) is 0 Å². The molecular weight excluding hydrogens is 291 g/mol. The van der Waals surface area contributed by atoms with Gasteiger partial charge in [-0.2, -0.15) is 0 Å². The highest BCUT2D eigenvalue weighted by Gasteiger charge is 2.32. The molecule has 5 nitrogen and oxygen atoms in total. The molecule has 0 radical (unpaired) electrons. The lowest BCUT2D eigenvalue weighted by Crippen LogP contribution is -2.49. The van der Waals surface area contributed by atoms with Gasteiger partial charge >= 0.3 is 5.97 Å². The van der Waals surface area contributed by atoms with Crippen LogP contribution >= 0.6 is 0 Å². The second kappa shape index (κ2) is 6.13. The van der Waals surface area contributed by atoms with Gasteiger partial charge in [-0.15, -0.1) is 0 Å². The summed E-state index contributed by atoms with van der Waals surface area (Å²) in [6, 6.07) is 0.850. The number of rotatable bonds is 2. The number of methoxy groups -OCH3 is 1. The molecule has 0 bridgehead atoms. The van der Waals surface area contributed by atoms with E-state index in [1.54, 1.807) is 0 Å². The largest absolute Gasteiger partial charge is 0.467 e. The molecule has 1 fully saturated rings. The Morgan fingerprint density at radius 3 is 2.48 bits per heavy atom. The summed E-state index contributed by atoms with van der Waals surface area (Å²) in [5.74, 6) is -5.36. The number of carbonyl (C=O) groups excluding carboxylic acids is 2. The molecule has 1 unspecified atom stereocenters. The summed E-state index contributed by atoms with van der Waals surface area (Å²) in [4.78, 5) is 24.6. The molecule has 0 aliphatic carbocycles. The van der Waals surface area contributed by atoms with Gasteiger partial charge in [0.2, 0.25) is 0 Å². The lowest BCUT2D eigenvalue weighted by atomic mass is 10.1. The highest BCUT2D eigenvalue weighted by molar-refractivity contribution is 5.95. The van der Waals surface area contributed by atoms with Gasteiger partial charge in [0.25, 0.3) is 5.91 Å². The highest BCUT2D eigenvalue weighted by atomic mass is 19.1. The smallest absolute Gasteiger partial charge is 0.336 e. The lowest BCUT2D eigenvalue weighted by molar-refractivity contribution is -0.158. The predicted molar refractivity (Wildman–Crippen MR) is 64.0 cm³/mol. The number of hydrogen-bond donors (Lipinski definition) is 0. The van der Waals surface area contributed by atoms with E-state index in [2.05, 4.69) is 4.74 Å². The second-order valence-electron chi connectivity index (χ2n) is 4.38. The fraction of sp³-hybridized carbons (Fsp3) is 0.385. The Kier molecular flexibility index (Phi) is 4.46. The van der Waals surface area contributed by atoms with Crippen LogP contribution in [-0.4, -0.2) is 49.7 Å². The highest BCUT2D eigenvalue weighted by Crippen LogP contribution is 2.18. The maximum atomic E-state index is 13.6. The Hall–Kier alpha value is -2.09. The minimum absolute atomic E-state index is 0.0237. The first-order valence-corrected chi connectivity index (χ1v) is 6.07. The van der Waals surface area contributed by atoms with Crippen molar-refractivity contribution in [3.63, 3.8) is 0 Å². The zero-order chi connectivity index (χ0) is 15.6. The maximum Gasteiger partial charge on any atom is 0.336 e. The first kappa shape index (κ1) is 15.3. The first-order chi connectivity index (χ1) is 9.93. The minimum atomic E-state index is -1.29. The molecule has 1 aliphatic rings. The summed E-state index contributed by atoms with van der Waals surface area (Å²) in [6.07, 6.45) is -1.01. The van der Waals surface area contributed by atoms with E-state index in [0.717, 1.165) is 12.0 Å². The number of morpholine rings is 1. The third-order valence-corrected chi connectivity index (χ3v) is 3.04. The van der Waals surface area contributed by atoms with Gasteiger partial charge in [-0.1, -0.05) is 0 Å². The van der Waals surface area contributed by atoms with Gasteiger partial charge in [0, 0.05) is 18.7 Å². The number of esters is 1. The van der Waals surface area contributed by atoms with E-state index >= 15 is 0 Å².